The number of nitrogens with zero attached hydrogens (tertiary/aromatic N) is 1. The van der Waals surface area contributed by atoms with Gasteiger partial charge in [0.25, 0.3) is 0 Å². The molecule has 0 unspecified atom stereocenters. The van der Waals surface area contributed by atoms with Gasteiger partial charge in [-0.25, -0.2) is 34.8 Å². The van der Waals surface area contributed by atoms with Crippen LogP contribution in [-0.4, -0.2) is 89.0 Å². The molecule has 0 saturated carbocycles. The van der Waals surface area contributed by atoms with Crippen molar-refractivity contribution in [1.29, 1.82) is 5.26 Å². The van der Waals surface area contributed by atoms with E-state index in [9.17, 15) is 39.9 Å². The standard InChI is InChI=1S/C22H29N3O4S2.C21H27N3O4S2.C21H29N3O2S2.3C3H6.C2H3N.Li.H2O/c1-22(2,3)17-9-6-15(7-10-17)13-23-21(30)24-14-16-8-11-19(25-31(5,27)28)18(12-16)20(26)29-4;1-21(2,3)16-8-5-14(6-9-16)12-22-20(29)23-13-15-7-10-18(24-30(4,27)28)17(11-15)19(25)26;1-15-12-17(8-11-19(15)24-28(5,25)26)14-23-20(27)22-13-16-6-9-18(10-7-16)21(2,3)4;3*1-3-2;1-2-3;;/h6-12,25H,13-14H2,1-5H3,(H2,23,24,30);5-11,24H,12-13H2,1-4H3,(H,25,26)(H2,22,23,29);6-12,24H,13-14H2,1-5H3,(H2,22,23,27);3*3H,1H2,2H3;1H3;;1H2/q;;;;;;;+1;/p-1. The molecule has 0 aliphatic heterocycles. The van der Waals surface area contributed by atoms with Crippen molar-refractivity contribution in [2.75, 3.05) is 40.0 Å². The van der Waals surface area contributed by atoms with Crippen molar-refractivity contribution < 1.29 is 69.0 Å². The third kappa shape index (κ3) is 44.2. The van der Waals surface area contributed by atoms with Crippen molar-refractivity contribution in [3.63, 3.8) is 0 Å². The molecule has 6 rings (SSSR count). The largest absolute Gasteiger partial charge is 1.00 e. The summed E-state index contributed by atoms with van der Waals surface area (Å²) < 4.78 is 80.3. The number of hydrogen-bond acceptors (Lipinski definition) is 14. The van der Waals surface area contributed by atoms with Gasteiger partial charge in [-0.1, -0.05) is 178 Å². The maximum absolute atomic E-state index is 12.0. The van der Waals surface area contributed by atoms with Gasteiger partial charge in [-0.15, -0.1) is 19.7 Å². The molecule has 0 aliphatic carbocycles. The predicted octanol–water partition coefficient (Wildman–Crippen LogP) is 11.3. The Hall–Kier alpha value is -8.15. The minimum absolute atomic E-state index is 0. The Labute approximate surface area is 643 Å². The molecule has 0 bridgehead atoms. The monoisotopic (exact) mass is 1520 g/mol. The van der Waals surface area contributed by atoms with Crippen molar-refractivity contribution in [3.05, 3.63) is 232 Å². The zero-order chi connectivity index (χ0) is 77.5. The molecule has 0 spiro atoms. The van der Waals surface area contributed by atoms with Crippen molar-refractivity contribution in [3.8, 4) is 6.07 Å². The molecule has 11 N–H and O–H groups in total. The maximum atomic E-state index is 12.0. The van der Waals surface area contributed by atoms with Gasteiger partial charge < -0.3 is 47.2 Å². The number of ether oxygens (including phenoxy) is 1. The molecule has 0 fully saturated rings. The summed E-state index contributed by atoms with van der Waals surface area (Å²) in [7, 11) is -9.14. The zero-order valence-corrected chi connectivity index (χ0v) is 68.1. The fourth-order valence-electron chi connectivity index (χ4n) is 8.24. The predicted molar refractivity (Wildman–Crippen MR) is 433 cm³/mol. The number of methoxy groups -OCH3 is 1. The summed E-state index contributed by atoms with van der Waals surface area (Å²) in [5, 5.41) is 36.9. The first kappa shape index (κ1) is 99.0. The van der Waals surface area contributed by atoms with Crippen molar-refractivity contribution in [2.45, 2.75) is 152 Å². The molecule has 6 aromatic rings. The van der Waals surface area contributed by atoms with Crippen molar-refractivity contribution in [2.24, 2.45) is 0 Å². The Morgan fingerprint density at radius 3 is 0.913 bits per heavy atom. The number of thiocarbonyl (C=S) groups is 3. The molecular weight excluding hydrogens is 1420 g/mol. The van der Waals surface area contributed by atoms with Crippen LogP contribution in [0.3, 0.4) is 0 Å². The van der Waals surface area contributed by atoms with E-state index in [0.717, 1.165) is 46.6 Å². The Kier molecular flexibility index (Phi) is 46.8. The number of carbonyl (C=O) groups excluding carboxylic acids is 1. The van der Waals surface area contributed by atoms with Gasteiger partial charge in [-0.2, -0.15) is 5.26 Å². The van der Waals surface area contributed by atoms with Crippen LogP contribution in [0.5, 0.6) is 0 Å². The molecule has 0 saturated heterocycles. The number of esters is 1. The van der Waals surface area contributed by atoms with Gasteiger partial charge >= 0.3 is 30.8 Å². The van der Waals surface area contributed by atoms with E-state index >= 15 is 0 Å². The molecule has 28 heteroatoms. The molecule has 103 heavy (non-hydrogen) atoms. The smallest absolute Gasteiger partial charge is 0.870 e. The second kappa shape index (κ2) is 48.7. The third-order valence-electron chi connectivity index (χ3n) is 13.2. The molecule has 6 aromatic carbocycles. The number of carboxylic acid groups (broad SMARTS) is 1. The number of carboxylic acids is 1. The summed E-state index contributed by atoms with van der Waals surface area (Å²) in [6, 6.07) is 41.9. The number of rotatable bonds is 20. The van der Waals surface area contributed by atoms with E-state index in [1.54, 1.807) is 48.6 Å². The van der Waals surface area contributed by atoms with E-state index in [1.807, 2.05) is 39.8 Å². The summed E-state index contributed by atoms with van der Waals surface area (Å²) in [4.78, 5) is 23.5. The normalized spacial score (nSPS) is 10.5. The van der Waals surface area contributed by atoms with Gasteiger partial charge in [0, 0.05) is 46.2 Å². The SMILES string of the molecule is C=CC.C=CC.C=CC.CC#N.CC(C)(C)c1ccc(CNC(=S)NCc2ccc(NS(C)(=O)=O)c(C(=O)O)c2)cc1.COC(=O)c1cc(CNC(=S)NCc2ccc(C(C)(C)C)cc2)ccc1NS(C)(=O)=O.Cc1cc(CNC(=S)NCc2ccc(C(C)(C)C)cc2)ccc1NS(C)(=O)=O.[Li+].[OH-]. The van der Waals surface area contributed by atoms with Crippen LogP contribution >= 0.6 is 36.7 Å². The van der Waals surface area contributed by atoms with Gasteiger partial charge in [0.1, 0.15) is 0 Å². The molecule has 0 heterocycles. The Morgan fingerprint density at radius 1 is 0.466 bits per heavy atom. The fraction of sp³-hybridized carbons (Fsp3) is 0.360. The van der Waals surface area contributed by atoms with Crippen LogP contribution in [0.25, 0.3) is 0 Å². The minimum Gasteiger partial charge on any atom is -0.870 e. The second-order valence-corrected chi connectivity index (χ2v) is 32.2. The first-order valence-electron chi connectivity index (χ1n) is 31.8. The van der Waals surface area contributed by atoms with E-state index in [2.05, 4.69) is 201 Å². The molecule has 560 valence electrons. The molecule has 0 atom stereocenters. The van der Waals surface area contributed by atoms with Gasteiger partial charge in [0.2, 0.25) is 30.1 Å². The van der Waals surface area contributed by atoms with Gasteiger partial charge in [0.15, 0.2) is 15.3 Å². The van der Waals surface area contributed by atoms with Gasteiger partial charge in [0.05, 0.1) is 60.1 Å². The number of hydrogen-bond donors (Lipinski definition) is 10. The molecule has 0 amide bonds. The Morgan fingerprint density at radius 2 is 0.680 bits per heavy atom. The van der Waals surface area contributed by atoms with E-state index < -0.39 is 42.0 Å². The minimum atomic E-state index is -3.58. The average molecular weight is 1520 g/mol. The number of sulfonamides is 3. The summed E-state index contributed by atoms with van der Waals surface area (Å²) in [5.41, 5.74) is 11.6. The molecule has 0 radical (unpaired) electrons. The van der Waals surface area contributed by atoms with Gasteiger partial charge in [-0.3, -0.25) is 14.2 Å². The van der Waals surface area contributed by atoms with E-state index in [1.165, 1.54) is 54.5 Å². The quantitative estimate of drug-likeness (QED) is 0.0147. The topological polar surface area (TPSA) is 328 Å². The fourth-order valence-corrected chi connectivity index (χ4v) is 10.5. The summed E-state index contributed by atoms with van der Waals surface area (Å²) >= 11 is 16.0. The van der Waals surface area contributed by atoms with Crippen LogP contribution in [0.1, 0.15) is 166 Å². The van der Waals surface area contributed by atoms with Crippen molar-refractivity contribution in [1.82, 2.24) is 31.9 Å². The number of benzene rings is 6. The number of anilines is 3. The summed E-state index contributed by atoms with van der Waals surface area (Å²) in [6.07, 6.45) is 8.38. The summed E-state index contributed by atoms with van der Waals surface area (Å²) in [6.45, 7) is 41.7. The Balaban J connectivity index is -0.00000134. The third-order valence-corrected chi connectivity index (χ3v) is 15.8. The van der Waals surface area contributed by atoms with Crippen LogP contribution in [0.15, 0.2) is 165 Å². The molecule has 0 aromatic heterocycles. The number of carbonyl (C=O) groups is 2. The number of allylic oxidation sites excluding steroid dienone is 3. The van der Waals surface area contributed by atoms with Crippen LogP contribution in [-0.2, 0) is 90.3 Å². The van der Waals surface area contributed by atoms with Crippen molar-refractivity contribution >= 4 is 111 Å². The summed E-state index contributed by atoms with van der Waals surface area (Å²) in [5.74, 6) is -1.85. The van der Waals surface area contributed by atoms with Crippen LogP contribution in [0.4, 0.5) is 17.1 Å². The molecular formula is C75H107LiN10O11S6. The van der Waals surface area contributed by atoms with E-state index in [4.69, 9.17) is 46.7 Å². The van der Waals surface area contributed by atoms with Gasteiger partial charge in [-0.05, 0) is 167 Å². The number of aryl methyl sites for hydroxylation is 1. The number of nitrogens with one attached hydrogen (secondary N) is 9. The molecule has 0 aliphatic rings. The number of nitriles is 1. The first-order valence-corrected chi connectivity index (χ1v) is 38.7. The van der Waals surface area contributed by atoms with Crippen LogP contribution in [0.2, 0.25) is 0 Å². The second-order valence-electron chi connectivity index (χ2n) is 25.7. The van der Waals surface area contributed by atoms with Crippen LogP contribution < -0.4 is 64.9 Å². The number of aromatic carboxylic acids is 1. The van der Waals surface area contributed by atoms with E-state index in [0.29, 0.717) is 65.9 Å². The van der Waals surface area contributed by atoms with Crippen LogP contribution in [0, 0.1) is 18.3 Å². The Bertz CT molecular complexity index is 4060. The first-order chi connectivity index (χ1) is 46.8. The maximum Gasteiger partial charge on any atom is 1.00 e. The average Bonchev–Trinajstić information content (AvgIpc) is 1.24. The van der Waals surface area contributed by atoms with E-state index in [-0.39, 0.29) is 63.1 Å². The zero-order valence-electron chi connectivity index (χ0n) is 63.2. The molecule has 21 nitrogen and oxygen atoms in total.